The van der Waals surface area contributed by atoms with E-state index in [2.05, 4.69) is 0 Å². The van der Waals surface area contributed by atoms with Crippen LogP contribution in [0, 0.1) is 19.8 Å². The van der Waals surface area contributed by atoms with E-state index in [-0.39, 0.29) is 16.8 Å². The minimum atomic E-state index is -3.60. The van der Waals surface area contributed by atoms with E-state index >= 15 is 0 Å². The molecule has 1 heterocycles. The maximum atomic E-state index is 13.2. The molecule has 144 valence electrons. The molecule has 0 bridgehead atoms. The molecule has 1 aliphatic heterocycles. The highest BCUT2D eigenvalue weighted by molar-refractivity contribution is 7.89. The highest BCUT2D eigenvalue weighted by Crippen LogP contribution is 2.32. The Labute approximate surface area is 156 Å². The highest BCUT2D eigenvalue weighted by atomic mass is 32.2. The van der Waals surface area contributed by atoms with E-state index in [1.54, 1.807) is 13.0 Å². The lowest BCUT2D eigenvalue weighted by molar-refractivity contribution is 0.0706. The van der Waals surface area contributed by atoms with Gasteiger partial charge in [-0.05, 0) is 56.4 Å². The van der Waals surface area contributed by atoms with Crippen molar-refractivity contribution in [2.45, 2.75) is 44.0 Å². The Kier molecular flexibility index (Phi) is 5.42. The van der Waals surface area contributed by atoms with Gasteiger partial charge in [-0.1, -0.05) is 0 Å². The Morgan fingerprint density at radius 3 is 2.42 bits per heavy atom. The fraction of sp³-hybridized carbons (Fsp3) is 0.632. The first kappa shape index (κ1) is 19.3. The average molecular weight is 381 g/mol. The number of amides is 1. The van der Waals surface area contributed by atoms with Crippen molar-refractivity contribution < 1.29 is 17.9 Å². The number of nitrogens with zero attached hydrogens (tertiary/aromatic N) is 2. The second kappa shape index (κ2) is 7.29. The quantitative estimate of drug-likeness (QED) is 0.759. The molecule has 0 spiro atoms. The third kappa shape index (κ3) is 3.80. The van der Waals surface area contributed by atoms with Gasteiger partial charge < -0.3 is 9.64 Å². The lowest BCUT2D eigenvalue weighted by Gasteiger charge is -2.26. The minimum absolute atomic E-state index is 0.0716. The van der Waals surface area contributed by atoms with Gasteiger partial charge in [0.15, 0.2) is 0 Å². The zero-order chi connectivity index (χ0) is 19.1. The van der Waals surface area contributed by atoms with Crippen LogP contribution >= 0.6 is 0 Å². The van der Waals surface area contributed by atoms with Gasteiger partial charge in [0.25, 0.3) is 5.91 Å². The molecule has 1 saturated carbocycles. The summed E-state index contributed by atoms with van der Waals surface area (Å²) in [5.74, 6) is 0.300. The molecule has 1 saturated heterocycles. The largest absolute Gasteiger partial charge is 0.381 e. The lowest BCUT2D eigenvalue weighted by Crippen LogP contribution is -2.37. The maximum Gasteiger partial charge on any atom is 0.254 e. The number of carbonyl (C=O) groups is 1. The Balaban J connectivity index is 1.94. The number of carbonyl (C=O) groups excluding carboxylic acids is 1. The highest BCUT2D eigenvalue weighted by Gasteiger charge is 2.36. The van der Waals surface area contributed by atoms with E-state index < -0.39 is 10.0 Å². The predicted molar refractivity (Wildman–Crippen MR) is 99.8 cm³/mol. The third-order valence-corrected chi connectivity index (χ3v) is 7.29. The molecule has 1 aliphatic carbocycles. The molecule has 1 atom stereocenters. The molecular formula is C19H28N2O4S. The molecular weight excluding hydrogens is 352 g/mol. The van der Waals surface area contributed by atoms with Crippen LogP contribution in [0.25, 0.3) is 0 Å². The van der Waals surface area contributed by atoms with Gasteiger partial charge in [0.2, 0.25) is 10.0 Å². The van der Waals surface area contributed by atoms with Crippen LogP contribution in [0.3, 0.4) is 0 Å². The van der Waals surface area contributed by atoms with Gasteiger partial charge in [-0.15, -0.1) is 0 Å². The van der Waals surface area contributed by atoms with Crippen LogP contribution in [-0.2, 0) is 14.8 Å². The zero-order valence-electron chi connectivity index (χ0n) is 16.0. The van der Waals surface area contributed by atoms with Crippen molar-refractivity contribution in [1.82, 2.24) is 9.21 Å². The third-order valence-electron chi connectivity index (χ3n) is 5.35. The summed E-state index contributed by atoms with van der Waals surface area (Å²) >= 11 is 0. The molecule has 0 aromatic heterocycles. The van der Waals surface area contributed by atoms with Crippen LogP contribution in [0.15, 0.2) is 17.0 Å². The normalized spacial score (nSPS) is 20.6. The molecule has 1 aromatic carbocycles. The molecule has 1 aromatic rings. The number of aryl methyl sites for hydroxylation is 1. The van der Waals surface area contributed by atoms with Crippen molar-refractivity contribution in [2.24, 2.45) is 5.92 Å². The Morgan fingerprint density at radius 2 is 1.88 bits per heavy atom. The van der Waals surface area contributed by atoms with E-state index in [9.17, 15) is 13.2 Å². The molecule has 7 heteroatoms. The fourth-order valence-electron chi connectivity index (χ4n) is 3.37. The monoisotopic (exact) mass is 380 g/mol. The first-order valence-corrected chi connectivity index (χ1v) is 10.6. The van der Waals surface area contributed by atoms with Gasteiger partial charge in [-0.2, -0.15) is 0 Å². The van der Waals surface area contributed by atoms with E-state index in [1.807, 2.05) is 17.9 Å². The van der Waals surface area contributed by atoms with E-state index in [4.69, 9.17) is 4.74 Å². The Bertz CT molecular complexity index is 794. The van der Waals surface area contributed by atoms with Crippen LogP contribution in [0.2, 0.25) is 0 Å². The average Bonchev–Trinajstić information content (AvgIpc) is 3.30. The molecule has 6 nitrogen and oxygen atoms in total. The van der Waals surface area contributed by atoms with E-state index in [0.29, 0.717) is 30.2 Å². The van der Waals surface area contributed by atoms with Crippen LogP contribution in [-0.4, -0.2) is 63.4 Å². The van der Waals surface area contributed by atoms with Crippen molar-refractivity contribution in [2.75, 3.05) is 33.9 Å². The zero-order valence-corrected chi connectivity index (χ0v) is 16.8. The number of rotatable bonds is 6. The SMILES string of the molecule is Cc1cc(C(=O)N(CC2CCOC2)C2CC2)cc(S(=O)(=O)N(C)C)c1C. The van der Waals surface area contributed by atoms with Gasteiger partial charge in [0.05, 0.1) is 11.5 Å². The standard InChI is InChI=1S/C19H28N2O4S/c1-13-9-16(10-18(14(13)2)26(23,24)20(3)4)19(22)21(17-5-6-17)11-15-7-8-25-12-15/h9-10,15,17H,5-8,11-12H2,1-4H3. The summed E-state index contributed by atoms with van der Waals surface area (Å²) < 4.78 is 32.0. The first-order chi connectivity index (χ1) is 12.2. The second-order valence-electron chi connectivity index (χ2n) is 7.62. The van der Waals surface area contributed by atoms with Gasteiger partial charge in [-0.3, -0.25) is 4.79 Å². The molecule has 2 aliphatic rings. The summed E-state index contributed by atoms with van der Waals surface area (Å²) in [5.41, 5.74) is 1.97. The van der Waals surface area contributed by atoms with Gasteiger partial charge in [0.1, 0.15) is 0 Å². The lowest BCUT2D eigenvalue weighted by atomic mass is 10.0. The van der Waals surface area contributed by atoms with Crippen LogP contribution in [0.1, 0.15) is 40.7 Å². The van der Waals surface area contributed by atoms with Gasteiger partial charge in [0, 0.05) is 44.8 Å². The number of ether oxygens (including phenoxy) is 1. The second-order valence-corrected chi connectivity index (χ2v) is 9.74. The molecule has 26 heavy (non-hydrogen) atoms. The molecule has 3 rings (SSSR count). The molecule has 0 N–H and O–H groups in total. The number of benzene rings is 1. The van der Waals surface area contributed by atoms with E-state index in [0.717, 1.165) is 31.4 Å². The molecule has 1 amide bonds. The predicted octanol–water partition coefficient (Wildman–Crippen LogP) is 2.19. The maximum absolute atomic E-state index is 13.2. The van der Waals surface area contributed by atoms with Crippen molar-refractivity contribution >= 4 is 15.9 Å². The van der Waals surface area contributed by atoms with Crippen LogP contribution in [0.5, 0.6) is 0 Å². The summed E-state index contributed by atoms with van der Waals surface area (Å²) in [7, 11) is -0.578. The summed E-state index contributed by atoms with van der Waals surface area (Å²) in [6.07, 6.45) is 3.02. The van der Waals surface area contributed by atoms with Crippen LogP contribution < -0.4 is 0 Å². The number of hydrogen-bond donors (Lipinski definition) is 0. The Morgan fingerprint density at radius 1 is 1.19 bits per heavy atom. The Hall–Kier alpha value is -1.44. The van der Waals surface area contributed by atoms with E-state index in [1.165, 1.54) is 18.4 Å². The van der Waals surface area contributed by atoms with Crippen molar-refractivity contribution in [3.05, 3.63) is 28.8 Å². The van der Waals surface area contributed by atoms with Gasteiger partial charge in [-0.25, -0.2) is 12.7 Å². The smallest absolute Gasteiger partial charge is 0.254 e. The summed E-state index contributed by atoms with van der Waals surface area (Å²) in [6.45, 7) is 5.78. The van der Waals surface area contributed by atoms with Gasteiger partial charge >= 0.3 is 0 Å². The fourth-order valence-corrected chi connectivity index (χ4v) is 4.59. The molecule has 2 fully saturated rings. The topological polar surface area (TPSA) is 66.9 Å². The molecule has 0 radical (unpaired) electrons. The van der Waals surface area contributed by atoms with Crippen molar-refractivity contribution in [1.29, 1.82) is 0 Å². The molecule has 1 unspecified atom stereocenters. The summed E-state index contributed by atoms with van der Waals surface area (Å²) in [6, 6.07) is 3.63. The first-order valence-electron chi connectivity index (χ1n) is 9.14. The summed E-state index contributed by atoms with van der Waals surface area (Å²) in [4.78, 5) is 15.3. The van der Waals surface area contributed by atoms with Crippen molar-refractivity contribution in [3.8, 4) is 0 Å². The minimum Gasteiger partial charge on any atom is -0.381 e. The number of hydrogen-bond acceptors (Lipinski definition) is 4. The summed E-state index contributed by atoms with van der Waals surface area (Å²) in [5, 5.41) is 0. The van der Waals surface area contributed by atoms with Crippen LogP contribution in [0.4, 0.5) is 0 Å². The number of sulfonamides is 1. The van der Waals surface area contributed by atoms with Crippen molar-refractivity contribution in [3.63, 3.8) is 0 Å².